The summed E-state index contributed by atoms with van der Waals surface area (Å²) in [6.07, 6.45) is 5.58. The number of carbonyl (C=O) groups excluding carboxylic acids is 2. The van der Waals surface area contributed by atoms with E-state index in [1.54, 1.807) is 11.0 Å². The van der Waals surface area contributed by atoms with E-state index in [9.17, 15) is 9.59 Å². The van der Waals surface area contributed by atoms with Gasteiger partial charge in [-0.3, -0.25) is 9.48 Å². The number of nitrogens with zero attached hydrogens (tertiary/aromatic N) is 3. The molecule has 1 aromatic carbocycles. The molecule has 2 aliphatic rings. The van der Waals surface area contributed by atoms with E-state index < -0.39 is 0 Å². The number of nitrogens with one attached hydrogen (secondary N) is 3. The third-order valence-corrected chi connectivity index (χ3v) is 5.63. The van der Waals surface area contributed by atoms with Gasteiger partial charge >= 0.3 is 6.03 Å². The van der Waals surface area contributed by atoms with Crippen LogP contribution in [-0.4, -0.2) is 58.8 Å². The fourth-order valence-electron chi connectivity index (χ4n) is 3.93. The first-order valence-corrected chi connectivity index (χ1v) is 10.4. The van der Waals surface area contributed by atoms with Crippen LogP contribution in [0.1, 0.15) is 42.2 Å². The zero-order valence-corrected chi connectivity index (χ0v) is 17.7. The lowest BCUT2D eigenvalue weighted by Gasteiger charge is -2.32. The number of halogens is 1. The van der Waals surface area contributed by atoms with Crippen molar-refractivity contribution < 1.29 is 9.59 Å². The van der Waals surface area contributed by atoms with Crippen molar-refractivity contribution in [3.05, 3.63) is 48.3 Å². The number of hydrogen-bond donors (Lipinski definition) is 3. The smallest absolute Gasteiger partial charge is 0.321 e. The zero-order valence-electron chi connectivity index (χ0n) is 16.9. The maximum atomic E-state index is 12.6. The molecule has 3 N–H and O–H groups in total. The average molecular weight is 433 g/mol. The van der Waals surface area contributed by atoms with E-state index in [-0.39, 0.29) is 30.4 Å². The largest absolute Gasteiger partial charge is 0.348 e. The standard InChI is InChI=1S/C21H28N6O2.ClH/c28-20(19-10-14-27(25-19)18-7-4-11-22-15-18)23-17-8-12-26(13-9-17)21(29)24-16-5-2-1-3-6-16;/h1-3,5-6,10,14,17-18,22H,4,7-9,11-13,15H2,(H,23,28)(H,24,29);1H. The van der Waals surface area contributed by atoms with Gasteiger partial charge in [0.05, 0.1) is 6.04 Å². The summed E-state index contributed by atoms with van der Waals surface area (Å²) < 4.78 is 1.90. The van der Waals surface area contributed by atoms with E-state index in [0.29, 0.717) is 24.8 Å². The highest BCUT2D eigenvalue weighted by molar-refractivity contribution is 5.92. The highest BCUT2D eigenvalue weighted by Crippen LogP contribution is 2.17. The second kappa shape index (κ2) is 10.4. The Morgan fingerprint density at radius 1 is 1.07 bits per heavy atom. The Kier molecular flexibility index (Phi) is 7.70. The molecule has 2 saturated heterocycles. The van der Waals surface area contributed by atoms with Gasteiger partial charge in [-0.25, -0.2) is 4.79 Å². The number of piperidine rings is 2. The topological polar surface area (TPSA) is 91.3 Å². The molecule has 2 aromatic rings. The van der Waals surface area contributed by atoms with Crippen molar-refractivity contribution in [2.75, 3.05) is 31.5 Å². The summed E-state index contributed by atoms with van der Waals surface area (Å²) in [5.74, 6) is -0.139. The molecule has 1 aromatic heterocycles. The van der Waals surface area contributed by atoms with Crippen LogP contribution in [0.2, 0.25) is 0 Å². The Morgan fingerprint density at radius 3 is 2.53 bits per heavy atom. The van der Waals surface area contributed by atoms with Crippen LogP contribution < -0.4 is 16.0 Å². The minimum absolute atomic E-state index is 0. The van der Waals surface area contributed by atoms with Crippen LogP contribution in [0, 0.1) is 0 Å². The Balaban J connectivity index is 0.00000256. The molecule has 0 aliphatic carbocycles. The molecule has 4 rings (SSSR count). The van der Waals surface area contributed by atoms with Gasteiger partial charge in [0.15, 0.2) is 0 Å². The predicted octanol–water partition coefficient (Wildman–Crippen LogP) is 2.66. The lowest BCUT2D eigenvalue weighted by molar-refractivity contribution is 0.0913. The summed E-state index contributed by atoms with van der Waals surface area (Å²) in [4.78, 5) is 26.7. The molecule has 3 heterocycles. The fraction of sp³-hybridized carbons (Fsp3) is 0.476. The van der Waals surface area contributed by atoms with Crippen LogP contribution in [0.4, 0.5) is 10.5 Å². The zero-order chi connectivity index (χ0) is 20.1. The van der Waals surface area contributed by atoms with Crippen molar-refractivity contribution in [2.24, 2.45) is 0 Å². The number of hydrogen-bond acceptors (Lipinski definition) is 4. The average Bonchev–Trinajstić information content (AvgIpc) is 3.26. The number of para-hydroxylation sites is 1. The number of aromatic nitrogens is 2. The molecular formula is C21H29ClN6O2. The minimum atomic E-state index is -0.139. The summed E-state index contributed by atoms with van der Waals surface area (Å²) >= 11 is 0. The Bertz CT molecular complexity index is 829. The van der Waals surface area contributed by atoms with E-state index in [1.165, 1.54) is 0 Å². The molecule has 30 heavy (non-hydrogen) atoms. The third-order valence-electron chi connectivity index (χ3n) is 5.63. The number of anilines is 1. The quantitative estimate of drug-likeness (QED) is 0.692. The van der Waals surface area contributed by atoms with Crippen LogP contribution in [0.5, 0.6) is 0 Å². The van der Waals surface area contributed by atoms with Crippen molar-refractivity contribution >= 4 is 30.0 Å². The molecule has 3 amide bonds. The molecule has 9 heteroatoms. The van der Waals surface area contributed by atoms with Crippen molar-refractivity contribution in [3.63, 3.8) is 0 Å². The van der Waals surface area contributed by atoms with Gasteiger partial charge < -0.3 is 20.9 Å². The summed E-state index contributed by atoms with van der Waals surface area (Å²) in [6, 6.07) is 11.5. The van der Waals surface area contributed by atoms with Crippen molar-refractivity contribution in [1.82, 2.24) is 25.3 Å². The van der Waals surface area contributed by atoms with E-state index in [4.69, 9.17) is 0 Å². The van der Waals surface area contributed by atoms with Gasteiger partial charge in [-0.05, 0) is 50.4 Å². The maximum Gasteiger partial charge on any atom is 0.321 e. The number of amides is 3. The monoisotopic (exact) mass is 432 g/mol. The number of likely N-dealkylation sites (tertiary alicyclic amines) is 1. The van der Waals surface area contributed by atoms with E-state index in [2.05, 4.69) is 21.0 Å². The maximum absolute atomic E-state index is 12.6. The highest BCUT2D eigenvalue weighted by atomic mass is 35.5. The van der Waals surface area contributed by atoms with Gasteiger partial charge in [-0.15, -0.1) is 12.4 Å². The molecular weight excluding hydrogens is 404 g/mol. The summed E-state index contributed by atoms with van der Waals surface area (Å²) in [6.45, 7) is 3.18. The van der Waals surface area contributed by atoms with Crippen LogP contribution >= 0.6 is 12.4 Å². The first-order chi connectivity index (χ1) is 14.2. The van der Waals surface area contributed by atoms with Gasteiger partial charge in [0.1, 0.15) is 5.69 Å². The molecule has 0 radical (unpaired) electrons. The predicted molar refractivity (Wildman–Crippen MR) is 118 cm³/mol. The summed E-state index contributed by atoms with van der Waals surface area (Å²) in [5.41, 5.74) is 1.25. The van der Waals surface area contributed by atoms with E-state index in [1.807, 2.05) is 41.2 Å². The molecule has 2 fully saturated rings. The second-order valence-electron chi connectivity index (χ2n) is 7.71. The number of rotatable bonds is 4. The molecule has 8 nitrogen and oxygen atoms in total. The van der Waals surface area contributed by atoms with Crippen molar-refractivity contribution in [3.8, 4) is 0 Å². The van der Waals surface area contributed by atoms with Crippen LogP contribution in [0.25, 0.3) is 0 Å². The van der Waals surface area contributed by atoms with Gasteiger partial charge in [-0.1, -0.05) is 18.2 Å². The molecule has 1 atom stereocenters. The van der Waals surface area contributed by atoms with Crippen LogP contribution in [0.15, 0.2) is 42.6 Å². The Labute approximate surface area is 182 Å². The lowest BCUT2D eigenvalue weighted by atomic mass is 10.1. The first kappa shape index (κ1) is 22.1. The molecule has 162 valence electrons. The summed E-state index contributed by atoms with van der Waals surface area (Å²) in [5, 5.41) is 13.8. The van der Waals surface area contributed by atoms with Gasteiger partial charge in [-0.2, -0.15) is 5.10 Å². The molecule has 2 aliphatic heterocycles. The third kappa shape index (κ3) is 5.52. The van der Waals surface area contributed by atoms with Crippen LogP contribution in [0.3, 0.4) is 0 Å². The van der Waals surface area contributed by atoms with E-state index >= 15 is 0 Å². The highest BCUT2D eigenvalue weighted by Gasteiger charge is 2.25. The first-order valence-electron chi connectivity index (χ1n) is 10.4. The Morgan fingerprint density at radius 2 is 1.83 bits per heavy atom. The van der Waals surface area contributed by atoms with Crippen LogP contribution in [-0.2, 0) is 0 Å². The van der Waals surface area contributed by atoms with E-state index in [0.717, 1.165) is 44.5 Å². The summed E-state index contributed by atoms with van der Waals surface area (Å²) in [7, 11) is 0. The normalized spacial score (nSPS) is 19.6. The Hall–Kier alpha value is -2.58. The number of carbonyl (C=O) groups is 2. The lowest BCUT2D eigenvalue weighted by Crippen LogP contribution is -2.47. The number of urea groups is 1. The fourth-order valence-corrected chi connectivity index (χ4v) is 3.93. The molecule has 1 unspecified atom stereocenters. The molecule has 0 saturated carbocycles. The second-order valence-corrected chi connectivity index (χ2v) is 7.71. The van der Waals surface area contributed by atoms with Crippen molar-refractivity contribution in [2.45, 2.75) is 37.8 Å². The minimum Gasteiger partial charge on any atom is -0.348 e. The van der Waals surface area contributed by atoms with Gasteiger partial charge in [0.2, 0.25) is 0 Å². The SMILES string of the molecule is Cl.O=C(NC1CCN(C(=O)Nc2ccccc2)CC1)c1ccn(C2CCCNC2)n1. The molecule has 0 bridgehead atoms. The number of benzene rings is 1. The molecule has 0 spiro atoms. The van der Waals surface area contributed by atoms with Crippen molar-refractivity contribution in [1.29, 1.82) is 0 Å². The van der Waals surface area contributed by atoms with Gasteiger partial charge in [0.25, 0.3) is 5.91 Å². The van der Waals surface area contributed by atoms with Gasteiger partial charge in [0, 0.05) is 37.6 Å².